The summed E-state index contributed by atoms with van der Waals surface area (Å²) < 4.78 is 1.74. The Morgan fingerprint density at radius 2 is 1.86 bits per heavy atom. The van der Waals surface area contributed by atoms with Crippen molar-refractivity contribution in [2.75, 3.05) is 0 Å². The Morgan fingerprint density at radius 1 is 1.24 bits per heavy atom. The van der Waals surface area contributed by atoms with E-state index in [9.17, 15) is 4.79 Å². The molecule has 1 unspecified atom stereocenters. The molecule has 0 bridgehead atoms. The summed E-state index contributed by atoms with van der Waals surface area (Å²) in [7, 11) is 1.86. The van der Waals surface area contributed by atoms with Crippen LogP contribution in [0.1, 0.15) is 58.8 Å². The Hall–Kier alpha value is -1.85. The van der Waals surface area contributed by atoms with Crippen LogP contribution in [-0.4, -0.2) is 27.2 Å². The maximum absolute atomic E-state index is 12.3. The highest BCUT2D eigenvalue weighted by Gasteiger charge is 2.35. The van der Waals surface area contributed by atoms with Crippen LogP contribution in [0, 0.1) is 0 Å². The van der Waals surface area contributed by atoms with Crippen LogP contribution >= 0.6 is 0 Å². The lowest BCUT2D eigenvalue weighted by atomic mass is 9.87. The summed E-state index contributed by atoms with van der Waals surface area (Å²) in [6, 6.07) is -0.530. The lowest BCUT2D eigenvalue weighted by molar-refractivity contribution is -0.120. The Bertz CT molecular complexity index is 586. The largest absolute Gasteiger partial charge is 0.351 e. The molecule has 0 spiro atoms. The van der Waals surface area contributed by atoms with Crippen molar-refractivity contribution in [3.05, 3.63) is 17.5 Å². The predicted molar refractivity (Wildman–Crippen MR) is 83.1 cm³/mol. The van der Waals surface area contributed by atoms with Gasteiger partial charge in [0.25, 0.3) is 5.91 Å². The fourth-order valence-electron chi connectivity index (χ4n) is 2.32. The van der Waals surface area contributed by atoms with Crippen molar-refractivity contribution in [1.82, 2.24) is 20.4 Å². The van der Waals surface area contributed by atoms with E-state index < -0.39 is 6.04 Å². The number of hydrogen-bond donors (Lipinski definition) is 2. The van der Waals surface area contributed by atoms with Crippen LogP contribution in [-0.2, 0) is 17.3 Å². The molecule has 0 fully saturated rings. The molecule has 6 heteroatoms. The summed E-state index contributed by atoms with van der Waals surface area (Å²) in [5.74, 6) is 0.418. The average Bonchev–Trinajstić information content (AvgIpc) is 2.78. The lowest BCUT2D eigenvalue weighted by Crippen LogP contribution is -2.46. The summed E-state index contributed by atoms with van der Waals surface area (Å²) in [6.45, 7) is 12.3. The van der Waals surface area contributed by atoms with E-state index in [1.54, 1.807) is 4.68 Å². The Kier molecular flexibility index (Phi) is 3.59. The molecule has 1 aromatic heterocycles. The molecule has 116 valence electrons. The standard InChI is InChI=1S/C15H25N5O/c1-14(2,3)11-9(8-20(7)19-11)10-12(21)17-13(16-10)18-15(4,5)6/h8,10H,1-7H3,(H2,16,17,18,21). The van der Waals surface area contributed by atoms with Crippen molar-refractivity contribution >= 4 is 11.9 Å². The second kappa shape index (κ2) is 4.86. The maximum atomic E-state index is 12.3. The number of amides is 1. The van der Waals surface area contributed by atoms with E-state index >= 15 is 0 Å². The minimum atomic E-state index is -0.530. The van der Waals surface area contributed by atoms with Crippen LogP contribution in [0.15, 0.2) is 11.2 Å². The Labute approximate surface area is 126 Å². The molecule has 0 saturated carbocycles. The monoisotopic (exact) mass is 291 g/mol. The van der Waals surface area contributed by atoms with E-state index in [-0.39, 0.29) is 16.9 Å². The highest BCUT2D eigenvalue weighted by atomic mass is 16.2. The van der Waals surface area contributed by atoms with Gasteiger partial charge in [0.05, 0.1) is 5.69 Å². The number of rotatable bonds is 1. The third-order valence-corrected chi connectivity index (χ3v) is 3.10. The first kappa shape index (κ1) is 15.5. The number of hydrogen-bond acceptors (Lipinski definition) is 4. The van der Waals surface area contributed by atoms with Crippen LogP contribution < -0.4 is 10.6 Å². The van der Waals surface area contributed by atoms with Gasteiger partial charge < -0.3 is 5.32 Å². The molecule has 0 aliphatic carbocycles. The van der Waals surface area contributed by atoms with Gasteiger partial charge in [-0.2, -0.15) is 5.10 Å². The van der Waals surface area contributed by atoms with E-state index in [0.29, 0.717) is 5.96 Å². The van der Waals surface area contributed by atoms with Gasteiger partial charge in [-0.05, 0) is 20.8 Å². The fraction of sp³-hybridized carbons (Fsp3) is 0.667. The van der Waals surface area contributed by atoms with Crippen LogP contribution in [0.3, 0.4) is 0 Å². The summed E-state index contributed by atoms with van der Waals surface area (Å²) >= 11 is 0. The van der Waals surface area contributed by atoms with Crippen LogP contribution in [0.4, 0.5) is 0 Å². The highest BCUT2D eigenvalue weighted by molar-refractivity contribution is 6.05. The molecule has 0 saturated heterocycles. The molecule has 21 heavy (non-hydrogen) atoms. The van der Waals surface area contributed by atoms with Gasteiger partial charge >= 0.3 is 0 Å². The van der Waals surface area contributed by atoms with Gasteiger partial charge in [0.1, 0.15) is 0 Å². The van der Waals surface area contributed by atoms with Gasteiger partial charge in [-0.1, -0.05) is 20.8 Å². The number of nitrogens with zero attached hydrogens (tertiary/aromatic N) is 3. The number of nitrogens with one attached hydrogen (secondary N) is 2. The molecule has 1 aromatic rings. The SMILES string of the molecule is Cn1cc(C2N=C(NC(C)(C)C)NC2=O)c(C(C)(C)C)n1. The molecule has 1 atom stereocenters. The van der Waals surface area contributed by atoms with Crippen molar-refractivity contribution in [3.8, 4) is 0 Å². The molecule has 1 aliphatic rings. The van der Waals surface area contributed by atoms with Gasteiger partial charge in [0.15, 0.2) is 12.0 Å². The molecule has 1 amide bonds. The Morgan fingerprint density at radius 3 is 2.38 bits per heavy atom. The summed E-state index contributed by atoms with van der Waals surface area (Å²) in [6.07, 6.45) is 1.88. The summed E-state index contributed by atoms with van der Waals surface area (Å²) in [5.41, 5.74) is 1.49. The smallest absolute Gasteiger partial charge is 0.256 e. The number of aromatic nitrogens is 2. The van der Waals surface area contributed by atoms with Crippen LogP contribution in [0.25, 0.3) is 0 Å². The zero-order valence-corrected chi connectivity index (χ0v) is 13.9. The third-order valence-electron chi connectivity index (χ3n) is 3.10. The first-order chi connectivity index (χ1) is 9.47. The number of aryl methyl sites for hydroxylation is 1. The molecular weight excluding hydrogens is 266 g/mol. The molecule has 2 N–H and O–H groups in total. The zero-order chi connectivity index (χ0) is 16.0. The second-order valence-corrected chi connectivity index (χ2v) is 7.60. The normalized spacial score (nSPS) is 19.5. The lowest BCUT2D eigenvalue weighted by Gasteiger charge is -2.21. The second-order valence-electron chi connectivity index (χ2n) is 7.60. The van der Waals surface area contributed by atoms with E-state index in [1.807, 2.05) is 34.0 Å². The van der Waals surface area contributed by atoms with E-state index in [0.717, 1.165) is 11.3 Å². The maximum Gasteiger partial charge on any atom is 0.256 e. The van der Waals surface area contributed by atoms with Crippen molar-refractivity contribution < 1.29 is 4.79 Å². The van der Waals surface area contributed by atoms with Gasteiger partial charge in [-0.25, -0.2) is 4.99 Å². The van der Waals surface area contributed by atoms with Gasteiger partial charge in [-0.3, -0.25) is 14.8 Å². The fourth-order valence-corrected chi connectivity index (χ4v) is 2.32. The topological polar surface area (TPSA) is 71.3 Å². The van der Waals surface area contributed by atoms with Gasteiger partial charge in [0.2, 0.25) is 0 Å². The number of carbonyl (C=O) groups is 1. The van der Waals surface area contributed by atoms with Crippen molar-refractivity contribution in [2.24, 2.45) is 12.0 Å². The van der Waals surface area contributed by atoms with Crippen LogP contribution in [0.5, 0.6) is 0 Å². The molecule has 1 aliphatic heterocycles. The number of guanidine groups is 1. The number of carbonyl (C=O) groups excluding carboxylic acids is 1. The van der Waals surface area contributed by atoms with Gasteiger partial charge in [0, 0.05) is 29.8 Å². The molecule has 0 aromatic carbocycles. The molecule has 0 radical (unpaired) electrons. The Balaban J connectivity index is 2.37. The first-order valence-electron chi connectivity index (χ1n) is 7.18. The van der Waals surface area contributed by atoms with Gasteiger partial charge in [-0.15, -0.1) is 0 Å². The van der Waals surface area contributed by atoms with Crippen molar-refractivity contribution in [1.29, 1.82) is 0 Å². The molecule has 2 heterocycles. The summed E-state index contributed by atoms with van der Waals surface area (Å²) in [4.78, 5) is 16.8. The van der Waals surface area contributed by atoms with Crippen LogP contribution in [0.2, 0.25) is 0 Å². The first-order valence-corrected chi connectivity index (χ1v) is 7.18. The third kappa shape index (κ3) is 3.43. The van der Waals surface area contributed by atoms with E-state index in [1.165, 1.54) is 0 Å². The average molecular weight is 291 g/mol. The van der Waals surface area contributed by atoms with E-state index in [2.05, 4.69) is 41.5 Å². The molecule has 2 rings (SSSR count). The quantitative estimate of drug-likeness (QED) is 0.826. The minimum absolute atomic E-state index is 0.111. The summed E-state index contributed by atoms with van der Waals surface area (Å²) in [5, 5.41) is 10.5. The van der Waals surface area contributed by atoms with E-state index in [4.69, 9.17) is 0 Å². The molecular formula is C15H25N5O. The highest BCUT2D eigenvalue weighted by Crippen LogP contribution is 2.31. The zero-order valence-electron chi connectivity index (χ0n) is 13.9. The minimum Gasteiger partial charge on any atom is -0.351 e. The predicted octanol–water partition coefficient (Wildman–Crippen LogP) is 1.63. The van der Waals surface area contributed by atoms with Crippen molar-refractivity contribution in [3.63, 3.8) is 0 Å². The van der Waals surface area contributed by atoms with Crippen molar-refractivity contribution in [2.45, 2.75) is 58.5 Å². The molecule has 6 nitrogen and oxygen atoms in total. The number of aliphatic imine (C=N–C) groups is 1.